The topological polar surface area (TPSA) is 73.5 Å². The summed E-state index contributed by atoms with van der Waals surface area (Å²) >= 11 is 1.69. The molecule has 3 N–H and O–H groups in total. The van der Waals surface area contributed by atoms with Crippen molar-refractivity contribution in [3.8, 4) is 11.1 Å². The average molecular weight is 427 g/mol. The van der Waals surface area contributed by atoms with Crippen molar-refractivity contribution in [1.29, 1.82) is 0 Å². The molecule has 30 heavy (non-hydrogen) atoms. The van der Waals surface area contributed by atoms with Crippen molar-refractivity contribution in [3.63, 3.8) is 0 Å². The smallest absolute Gasteiger partial charge is 0.228 e. The fraction of sp³-hybridized carbons (Fsp3) is 0.478. The molecule has 2 amide bonds. The van der Waals surface area contributed by atoms with Crippen LogP contribution in [0.2, 0.25) is 0 Å². The Hall–Kier alpha value is -2.22. The Morgan fingerprint density at radius 1 is 1.23 bits per heavy atom. The number of hydrazine groups is 1. The predicted octanol–water partition coefficient (Wildman–Crippen LogP) is 2.42. The number of amides is 2. The maximum atomic E-state index is 13.1. The summed E-state index contributed by atoms with van der Waals surface area (Å²) in [5, 5.41) is 7.24. The molecule has 3 atom stereocenters. The van der Waals surface area contributed by atoms with Crippen molar-refractivity contribution in [2.75, 3.05) is 26.2 Å². The molecule has 1 aromatic carbocycles. The summed E-state index contributed by atoms with van der Waals surface area (Å²) in [5.74, 6) is 0.108. The van der Waals surface area contributed by atoms with E-state index in [0.717, 1.165) is 5.56 Å². The van der Waals surface area contributed by atoms with Crippen LogP contribution in [0.1, 0.15) is 25.8 Å². The van der Waals surface area contributed by atoms with Gasteiger partial charge in [-0.2, -0.15) is 11.3 Å². The standard InChI is InChI=1S/C23H30N4O2S/c1-3-24-22(29)23(9-10-27(15-23)21(28)20-13-25-26-16(20)2)12-17-4-6-18(7-5-17)19-8-11-30-14-19/h4-8,11,14,16,20,25-26H,3,9-10,12-13,15H2,1-2H3,(H,24,29). The van der Waals surface area contributed by atoms with Gasteiger partial charge in [0.1, 0.15) is 0 Å². The number of carbonyl (C=O) groups is 2. The second-order valence-electron chi connectivity index (χ2n) is 8.46. The number of nitrogens with zero attached hydrogens (tertiary/aromatic N) is 1. The van der Waals surface area contributed by atoms with E-state index in [0.29, 0.717) is 39.0 Å². The molecular weight excluding hydrogens is 396 g/mol. The van der Waals surface area contributed by atoms with Gasteiger partial charge in [-0.05, 0) is 60.2 Å². The van der Waals surface area contributed by atoms with Gasteiger partial charge in [0.15, 0.2) is 0 Å². The third-order valence-electron chi connectivity index (χ3n) is 6.41. The zero-order valence-corrected chi connectivity index (χ0v) is 18.4. The second-order valence-corrected chi connectivity index (χ2v) is 9.24. The lowest BCUT2D eigenvalue weighted by atomic mass is 9.79. The van der Waals surface area contributed by atoms with Crippen molar-refractivity contribution >= 4 is 23.2 Å². The highest BCUT2D eigenvalue weighted by atomic mass is 32.1. The number of carbonyl (C=O) groups excluding carboxylic acids is 2. The van der Waals surface area contributed by atoms with Gasteiger partial charge in [0.25, 0.3) is 0 Å². The highest BCUT2D eigenvalue weighted by Crippen LogP contribution is 2.36. The number of likely N-dealkylation sites (tertiary alicyclic amines) is 1. The van der Waals surface area contributed by atoms with Gasteiger partial charge >= 0.3 is 0 Å². The maximum absolute atomic E-state index is 13.1. The minimum absolute atomic E-state index is 0.0536. The van der Waals surface area contributed by atoms with Gasteiger partial charge in [0, 0.05) is 32.2 Å². The first-order valence-electron chi connectivity index (χ1n) is 10.7. The molecular formula is C23H30N4O2S. The summed E-state index contributed by atoms with van der Waals surface area (Å²) in [4.78, 5) is 28.1. The number of benzene rings is 1. The SMILES string of the molecule is CCNC(=O)C1(Cc2ccc(-c3ccsc3)cc2)CCN(C(=O)C2CNNC2C)C1. The minimum atomic E-state index is -0.571. The summed E-state index contributed by atoms with van der Waals surface area (Å²) < 4.78 is 0. The van der Waals surface area contributed by atoms with Gasteiger partial charge in [0.05, 0.1) is 11.3 Å². The molecule has 7 heteroatoms. The Morgan fingerprint density at radius 3 is 2.67 bits per heavy atom. The van der Waals surface area contributed by atoms with Crippen LogP contribution in [0.25, 0.3) is 11.1 Å². The van der Waals surface area contributed by atoms with Crippen molar-refractivity contribution < 1.29 is 9.59 Å². The van der Waals surface area contributed by atoms with E-state index >= 15 is 0 Å². The summed E-state index contributed by atoms with van der Waals surface area (Å²) in [6.45, 7) is 6.30. The quantitative estimate of drug-likeness (QED) is 0.663. The first-order chi connectivity index (χ1) is 14.5. The maximum Gasteiger partial charge on any atom is 0.228 e. The van der Waals surface area contributed by atoms with Gasteiger partial charge in [0.2, 0.25) is 11.8 Å². The third kappa shape index (κ3) is 4.15. The summed E-state index contributed by atoms with van der Waals surface area (Å²) in [7, 11) is 0. The molecule has 2 aliphatic rings. The molecule has 0 saturated carbocycles. The predicted molar refractivity (Wildman–Crippen MR) is 120 cm³/mol. The Bertz CT molecular complexity index is 883. The van der Waals surface area contributed by atoms with Gasteiger partial charge in [-0.3, -0.25) is 20.4 Å². The van der Waals surface area contributed by atoms with E-state index in [1.54, 1.807) is 11.3 Å². The van der Waals surface area contributed by atoms with Crippen LogP contribution in [0.4, 0.5) is 0 Å². The molecule has 0 aliphatic carbocycles. The summed E-state index contributed by atoms with van der Waals surface area (Å²) in [6.07, 6.45) is 1.34. The summed E-state index contributed by atoms with van der Waals surface area (Å²) in [6, 6.07) is 10.7. The lowest BCUT2D eigenvalue weighted by Crippen LogP contribution is -2.46. The van der Waals surface area contributed by atoms with Crippen LogP contribution in [-0.2, 0) is 16.0 Å². The van der Waals surface area contributed by atoms with E-state index in [1.807, 2.05) is 18.7 Å². The lowest BCUT2D eigenvalue weighted by molar-refractivity contribution is -0.136. The number of hydrogen-bond acceptors (Lipinski definition) is 5. The first kappa shape index (κ1) is 21.0. The van der Waals surface area contributed by atoms with Crippen LogP contribution in [0.5, 0.6) is 0 Å². The molecule has 4 rings (SSSR count). The number of nitrogens with one attached hydrogen (secondary N) is 3. The van der Waals surface area contributed by atoms with Gasteiger partial charge in [-0.1, -0.05) is 24.3 Å². The second kappa shape index (κ2) is 8.88. The number of hydrogen-bond donors (Lipinski definition) is 3. The van der Waals surface area contributed by atoms with Crippen molar-refractivity contribution in [1.82, 2.24) is 21.1 Å². The van der Waals surface area contributed by atoms with Crippen LogP contribution in [0.15, 0.2) is 41.1 Å². The van der Waals surface area contributed by atoms with E-state index < -0.39 is 5.41 Å². The fourth-order valence-corrected chi connectivity index (χ4v) is 5.26. The third-order valence-corrected chi connectivity index (χ3v) is 7.09. The van der Waals surface area contributed by atoms with Gasteiger partial charge in [-0.25, -0.2) is 0 Å². The molecule has 0 radical (unpaired) electrons. The zero-order valence-electron chi connectivity index (χ0n) is 17.6. The van der Waals surface area contributed by atoms with Crippen molar-refractivity contribution in [2.24, 2.45) is 11.3 Å². The highest BCUT2D eigenvalue weighted by Gasteiger charge is 2.47. The molecule has 1 aromatic heterocycles. The number of thiophene rings is 1. The van der Waals surface area contributed by atoms with E-state index in [-0.39, 0.29) is 23.8 Å². The van der Waals surface area contributed by atoms with E-state index in [2.05, 4.69) is 57.3 Å². The van der Waals surface area contributed by atoms with E-state index in [4.69, 9.17) is 0 Å². The lowest BCUT2D eigenvalue weighted by Gasteiger charge is -2.29. The summed E-state index contributed by atoms with van der Waals surface area (Å²) in [5.41, 5.74) is 9.15. The van der Waals surface area contributed by atoms with Crippen molar-refractivity contribution in [2.45, 2.75) is 32.7 Å². The van der Waals surface area contributed by atoms with Crippen LogP contribution >= 0.6 is 11.3 Å². The molecule has 2 fully saturated rings. The molecule has 160 valence electrons. The number of rotatable bonds is 6. The largest absolute Gasteiger partial charge is 0.356 e. The zero-order chi connectivity index (χ0) is 21.1. The Labute approximate surface area is 182 Å². The minimum Gasteiger partial charge on any atom is -0.356 e. The Balaban J connectivity index is 1.52. The average Bonchev–Trinajstić information content (AvgIpc) is 3.50. The molecule has 0 spiro atoms. The molecule has 6 nitrogen and oxygen atoms in total. The van der Waals surface area contributed by atoms with Gasteiger partial charge in [-0.15, -0.1) is 0 Å². The van der Waals surface area contributed by atoms with E-state index in [9.17, 15) is 9.59 Å². The van der Waals surface area contributed by atoms with Crippen LogP contribution < -0.4 is 16.2 Å². The molecule has 3 unspecified atom stereocenters. The normalized spacial score (nSPS) is 26.1. The molecule has 2 saturated heterocycles. The molecule has 3 heterocycles. The molecule has 2 aliphatic heterocycles. The fourth-order valence-electron chi connectivity index (χ4n) is 4.60. The van der Waals surface area contributed by atoms with Crippen LogP contribution in [0.3, 0.4) is 0 Å². The van der Waals surface area contributed by atoms with Crippen LogP contribution in [-0.4, -0.2) is 48.9 Å². The van der Waals surface area contributed by atoms with Crippen LogP contribution in [0, 0.1) is 11.3 Å². The van der Waals surface area contributed by atoms with Crippen molar-refractivity contribution in [3.05, 3.63) is 46.7 Å². The van der Waals surface area contributed by atoms with Gasteiger partial charge < -0.3 is 10.2 Å². The Kier molecular flexibility index (Phi) is 6.22. The molecule has 2 aromatic rings. The molecule has 0 bridgehead atoms. The Morgan fingerprint density at radius 2 is 2.03 bits per heavy atom. The monoisotopic (exact) mass is 426 g/mol. The highest BCUT2D eigenvalue weighted by molar-refractivity contribution is 7.08. The first-order valence-corrected chi connectivity index (χ1v) is 11.6. The van der Waals surface area contributed by atoms with E-state index in [1.165, 1.54) is 11.1 Å².